The summed E-state index contributed by atoms with van der Waals surface area (Å²) in [7, 11) is 0. The van der Waals surface area contributed by atoms with Crippen molar-refractivity contribution in [3.05, 3.63) is 32.9 Å². The molecular weight excluding hydrogens is 264 g/mol. The summed E-state index contributed by atoms with van der Waals surface area (Å²) in [6.07, 6.45) is 0. The number of halogens is 1. The summed E-state index contributed by atoms with van der Waals surface area (Å²) in [6, 6.07) is 2.14. The van der Waals surface area contributed by atoms with Gasteiger partial charge in [0.2, 0.25) is 0 Å². The Bertz CT molecular complexity index is 582. The lowest BCUT2D eigenvalue weighted by Crippen LogP contribution is -2.17. The molecule has 4 heteroatoms. The molecule has 0 radical (unpaired) electrons. The summed E-state index contributed by atoms with van der Waals surface area (Å²) in [5, 5.41) is 2.67. The smallest absolute Gasteiger partial charge is 0.136 e. The molecule has 0 saturated heterocycles. The molecule has 0 saturated carbocycles. The summed E-state index contributed by atoms with van der Waals surface area (Å²) >= 11 is 7.96. The van der Waals surface area contributed by atoms with Crippen LogP contribution in [0.15, 0.2) is 11.4 Å². The Labute approximate surface area is 117 Å². The fourth-order valence-electron chi connectivity index (χ4n) is 1.67. The van der Waals surface area contributed by atoms with Gasteiger partial charge < -0.3 is 0 Å². The number of rotatable bonds is 1. The SMILES string of the molecule is Cc1cc(-c2nc(C(C)(C)C)nc(Cl)c2C)cs1. The molecule has 0 bridgehead atoms. The minimum absolute atomic E-state index is 0.100. The number of aryl methyl sites for hydroxylation is 1. The van der Waals surface area contributed by atoms with Crippen LogP contribution in [-0.4, -0.2) is 9.97 Å². The minimum Gasteiger partial charge on any atom is -0.232 e. The van der Waals surface area contributed by atoms with Gasteiger partial charge in [-0.3, -0.25) is 0 Å². The number of thiophene rings is 1. The first-order valence-corrected chi connectivity index (χ1v) is 7.15. The molecular formula is C14H17ClN2S. The normalized spacial score (nSPS) is 11.9. The van der Waals surface area contributed by atoms with Gasteiger partial charge in [0.05, 0.1) is 5.69 Å². The van der Waals surface area contributed by atoms with Gasteiger partial charge in [-0.25, -0.2) is 9.97 Å². The Kier molecular flexibility index (Phi) is 3.47. The van der Waals surface area contributed by atoms with E-state index in [2.05, 4.69) is 44.1 Å². The van der Waals surface area contributed by atoms with Crippen molar-refractivity contribution < 1.29 is 0 Å². The van der Waals surface area contributed by atoms with E-state index >= 15 is 0 Å². The van der Waals surface area contributed by atoms with Crippen LogP contribution < -0.4 is 0 Å². The molecule has 2 aromatic rings. The van der Waals surface area contributed by atoms with E-state index in [0.29, 0.717) is 5.15 Å². The van der Waals surface area contributed by atoms with Crippen LogP contribution >= 0.6 is 22.9 Å². The molecule has 2 nitrogen and oxygen atoms in total. The Hall–Kier alpha value is -0.930. The lowest BCUT2D eigenvalue weighted by Gasteiger charge is -2.18. The fraction of sp³-hybridized carbons (Fsp3) is 0.429. The van der Waals surface area contributed by atoms with Crippen molar-refractivity contribution in [3.8, 4) is 11.3 Å². The maximum Gasteiger partial charge on any atom is 0.136 e. The second-order valence-electron chi connectivity index (χ2n) is 5.51. The molecule has 2 heterocycles. The summed E-state index contributed by atoms with van der Waals surface area (Å²) < 4.78 is 0. The van der Waals surface area contributed by atoms with Gasteiger partial charge in [0.25, 0.3) is 0 Å². The number of aromatic nitrogens is 2. The largest absolute Gasteiger partial charge is 0.232 e. The Morgan fingerprint density at radius 2 is 1.83 bits per heavy atom. The van der Waals surface area contributed by atoms with Crippen molar-refractivity contribution in [1.29, 1.82) is 0 Å². The Morgan fingerprint density at radius 1 is 1.17 bits per heavy atom. The average molecular weight is 281 g/mol. The third-order valence-corrected chi connectivity index (χ3v) is 3.99. The molecule has 0 aliphatic heterocycles. The van der Waals surface area contributed by atoms with Crippen molar-refractivity contribution in [2.24, 2.45) is 0 Å². The second kappa shape index (κ2) is 4.63. The van der Waals surface area contributed by atoms with Crippen LogP contribution in [0.3, 0.4) is 0 Å². The van der Waals surface area contributed by atoms with E-state index in [1.165, 1.54) is 4.88 Å². The first-order valence-electron chi connectivity index (χ1n) is 5.89. The number of nitrogens with zero attached hydrogens (tertiary/aromatic N) is 2. The van der Waals surface area contributed by atoms with Gasteiger partial charge in [-0.15, -0.1) is 11.3 Å². The van der Waals surface area contributed by atoms with E-state index in [1.807, 2.05) is 6.92 Å². The molecule has 0 aromatic carbocycles. The third kappa shape index (κ3) is 2.57. The van der Waals surface area contributed by atoms with Crippen LogP contribution in [0.2, 0.25) is 5.15 Å². The summed E-state index contributed by atoms with van der Waals surface area (Å²) in [6.45, 7) is 10.3. The molecule has 0 N–H and O–H groups in total. The molecule has 0 aliphatic carbocycles. The summed E-state index contributed by atoms with van der Waals surface area (Å²) in [5.41, 5.74) is 2.92. The van der Waals surface area contributed by atoms with Crippen molar-refractivity contribution in [2.45, 2.75) is 40.0 Å². The molecule has 0 atom stereocenters. The van der Waals surface area contributed by atoms with Crippen LogP contribution in [0, 0.1) is 13.8 Å². The monoisotopic (exact) mass is 280 g/mol. The quantitative estimate of drug-likeness (QED) is 0.703. The first-order chi connectivity index (χ1) is 8.29. The van der Waals surface area contributed by atoms with E-state index in [1.54, 1.807) is 11.3 Å². The van der Waals surface area contributed by atoms with Crippen molar-refractivity contribution >= 4 is 22.9 Å². The van der Waals surface area contributed by atoms with Crippen LogP contribution in [0.5, 0.6) is 0 Å². The predicted octanol–water partition coefficient (Wildman–Crippen LogP) is 4.77. The van der Waals surface area contributed by atoms with Gasteiger partial charge in [-0.2, -0.15) is 0 Å². The van der Waals surface area contributed by atoms with Gasteiger partial charge in [-0.05, 0) is 19.9 Å². The molecule has 0 amide bonds. The van der Waals surface area contributed by atoms with E-state index in [4.69, 9.17) is 16.6 Å². The highest BCUT2D eigenvalue weighted by Gasteiger charge is 2.21. The highest BCUT2D eigenvalue weighted by Crippen LogP contribution is 2.31. The summed E-state index contributed by atoms with van der Waals surface area (Å²) in [4.78, 5) is 10.4. The minimum atomic E-state index is -0.100. The van der Waals surface area contributed by atoms with Crippen LogP contribution in [0.4, 0.5) is 0 Å². The van der Waals surface area contributed by atoms with E-state index < -0.39 is 0 Å². The Balaban J connectivity index is 2.63. The molecule has 0 spiro atoms. The lowest BCUT2D eigenvalue weighted by atomic mass is 9.95. The standard InChI is InChI=1S/C14H17ClN2S/c1-8-6-10(7-18-8)11-9(2)12(15)17-13(16-11)14(3,4)5/h6-7H,1-5H3. The maximum atomic E-state index is 6.23. The highest BCUT2D eigenvalue weighted by molar-refractivity contribution is 7.10. The molecule has 2 aromatic heterocycles. The van der Waals surface area contributed by atoms with Gasteiger partial charge in [-0.1, -0.05) is 32.4 Å². The fourth-order valence-corrected chi connectivity index (χ4v) is 2.53. The van der Waals surface area contributed by atoms with Gasteiger partial charge >= 0.3 is 0 Å². The van der Waals surface area contributed by atoms with Crippen molar-refractivity contribution in [1.82, 2.24) is 9.97 Å². The molecule has 0 aliphatic rings. The number of hydrogen-bond donors (Lipinski definition) is 0. The predicted molar refractivity (Wildman–Crippen MR) is 78.5 cm³/mol. The topological polar surface area (TPSA) is 25.8 Å². The van der Waals surface area contributed by atoms with Crippen LogP contribution in [0.25, 0.3) is 11.3 Å². The zero-order valence-electron chi connectivity index (χ0n) is 11.3. The average Bonchev–Trinajstić information content (AvgIpc) is 2.67. The maximum absolute atomic E-state index is 6.23. The van der Waals surface area contributed by atoms with Crippen LogP contribution in [-0.2, 0) is 5.41 Å². The van der Waals surface area contributed by atoms with Gasteiger partial charge in [0.1, 0.15) is 11.0 Å². The Morgan fingerprint density at radius 3 is 2.33 bits per heavy atom. The number of hydrogen-bond acceptors (Lipinski definition) is 3. The molecule has 96 valence electrons. The lowest BCUT2D eigenvalue weighted by molar-refractivity contribution is 0.545. The summed E-state index contributed by atoms with van der Waals surface area (Å²) in [5.74, 6) is 0.789. The first kappa shape index (κ1) is 13.5. The zero-order valence-corrected chi connectivity index (χ0v) is 12.9. The van der Waals surface area contributed by atoms with Gasteiger partial charge in [0.15, 0.2) is 0 Å². The molecule has 0 fully saturated rings. The van der Waals surface area contributed by atoms with Crippen molar-refractivity contribution in [2.75, 3.05) is 0 Å². The van der Waals surface area contributed by atoms with Crippen molar-refractivity contribution in [3.63, 3.8) is 0 Å². The molecule has 0 unspecified atom stereocenters. The van der Waals surface area contributed by atoms with E-state index in [9.17, 15) is 0 Å². The highest BCUT2D eigenvalue weighted by atomic mass is 35.5. The molecule has 18 heavy (non-hydrogen) atoms. The molecule has 2 rings (SSSR count). The van der Waals surface area contributed by atoms with Crippen LogP contribution in [0.1, 0.15) is 37.0 Å². The van der Waals surface area contributed by atoms with E-state index in [-0.39, 0.29) is 5.41 Å². The second-order valence-corrected chi connectivity index (χ2v) is 6.98. The third-order valence-electron chi connectivity index (χ3n) is 2.76. The van der Waals surface area contributed by atoms with E-state index in [0.717, 1.165) is 22.6 Å². The zero-order chi connectivity index (χ0) is 13.5. The van der Waals surface area contributed by atoms with Gasteiger partial charge in [0, 0.05) is 26.8 Å².